The van der Waals surface area contributed by atoms with E-state index in [0.717, 1.165) is 30.1 Å². The Labute approximate surface area is 110 Å². The SMILES string of the molecule is C[C@@H]1C[C@@H]1C(=O)N(C)C1C2CC3CC(C2)CC1C3. The highest BCUT2D eigenvalue weighted by Gasteiger charge is 2.52. The molecule has 5 saturated carbocycles. The van der Waals surface area contributed by atoms with Crippen molar-refractivity contribution >= 4 is 5.91 Å². The molecule has 1 amide bonds. The van der Waals surface area contributed by atoms with Crippen LogP contribution >= 0.6 is 0 Å². The van der Waals surface area contributed by atoms with Gasteiger partial charge in [-0.3, -0.25) is 4.79 Å². The van der Waals surface area contributed by atoms with Crippen molar-refractivity contribution in [3.8, 4) is 0 Å². The van der Waals surface area contributed by atoms with Crippen molar-refractivity contribution in [2.75, 3.05) is 7.05 Å². The van der Waals surface area contributed by atoms with Crippen molar-refractivity contribution < 1.29 is 4.79 Å². The Morgan fingerprint density at radius 2 is 1.44 bits per heavy atom. The number of amides is 1. The lowest BCUT2D eigenvalue weighted by atomic mass is 9.54. The molecule has 2 heteroatoms. The van der Waals surface area contributed by atoms with Crippen LogP contribution in [-0.4, -0.2) is 23.9 Å². The largest absolute Gasteiger partial charge is 0.342 e. The maximum atomic E-state index is 12.5. The van der Waals surface area contributed by atoms with Gasteiger partial charge >= 0.3 is 0 Å². The molecule has 0 aromatic rings. The Hall–Kier alpha value is -0.530. The number of hydrogen-bond acceptors (Lipinski definition) is 1. The molecule has 4 bridgehead atoms. The molecule has 0 N–H and O–H groups in total. The van der Waals surface area contributed by atoms with Crippen molar-refractivity contribution in [1.82, 2.24) is 4.90 Å². The highest BCUT2D eigenvalue weighted by atomic mass is 16.2. The van der Waals surface area contributed by atoms with Crippen LogP contribution in [0.4, 0.5) is 0 Å². The fourth-order valence-corrected chi connectivity index (χ4v) is 5.60. The van der Waals surface area contributed by atoms with Gasteiger partial charge in [-0.25, -0.2) is 0 Å². The number of hydrogen-bond donors (Lipinski definition) is 0. The minimum atomic E-state index is 0.368. The Morgan fingerprint density at radius 3 is 1.89 bits per heavy atom. The zero-order valence-electron chi connectivity index (χ0n) is 11.6. The van der Waals surface area contributed by atoms with Gasteiger partial charge in [-0.05, 0) is 68.1 Å². The lowest BCUT2D eigenvalue weighted by molar-refractivity contribution is -0.142. The van der Waals surface area contributed by atoms with Crippen LogP contribution in [0.5, 0.6) is 0 Å². The van der Waals surface area contributed by atoms with E-state index in [9.17, 15) is 4.79 Å². The molecule has 5 rings (SSSR count). The zero-order chi connectivity index (χ0) is 12.4. The molecule has 18 heavy (non-hydrogen) atoms. The van der Waals surface area contributed by atoms with E-state index in [1.165, 1.54) is 32.1 Å². The predicted molar refractivity (Wildman–Crippen MR) is 70.9 cm³/mol. The van der Waals surface area contributed by atoms with Crippen LogP contribution in [0.25, 0.3) is 0 Å². The molecule has 5 aliphatic carbocycles. The molecule has 0 heterocycles. The first-order valence-electron chi connectivity index (χ1n) is 7.90. The van der Waals surface area contributed by atoms with Gasteiger partial charge in [-0.2, -0.15) is 0 Å². The van der Waals surface area contributed by atoms with Crippen LogP contribution < -0.4 is 0 Å². The Balaban J connectivity index is 1.52. The second-order valence-corrected chi connectivity index (χ2v) is 7.69. The predicted octanol–water partition coefficient (Wildman–Crippen LogP) is 2.93. The molecule has 5 aliphatic rings. The van der Waals surface area contributed by atoms with E-state index in [1.54, 1.807) is 0 Å². The molecule has 0 aromatic carbocycles. The van der Waals surface area contributed by atoms with E-state index in [4.69, 9.17) is 0 Å². The van der Waals surface area contributed by atoms with Gasteiger partial charge in [-0.15, -0.1) is 0 Å². The number of rotatable bonds is 2. The summed E-state index contributed by atoms with van der Waals surface area (Å²) in [5, 5.41) is 0. The van der Waals surface area contributed by atoms with Gasteiger partial charge in [-0.1, -0.05) is 6.92 Å². The standard InChI is InChI=1S/C16H25NO/c1-9-3-14(9)16(18)17(2)15-12-5-10-4-11(7-12)8-13(15)6-10/h9-15H,3-8H2,1-2H3/t9-,10?,11?,12?,13?,14+,15?/m1/s1. The van der Waals surface area contributed by atoms with E-state index in [0.29, 0.717) is 23.8 Å². The van der Waals surface area contributed by atoms with Crippen LogP contribution in [-0.2, 0) is 4.79 Å². The van der Waals surface area contributed by atoms with E-state index in [1.807, 2.05) is 0 Å². The van der Waals surface area contributed by atoms with Crippen LogP contribution in [0, 0.1) is 35.5 Å². The summed E-state index contributed by atoms with van der Waals surface area (Å²) in [6.07, 6.45) is 8.28. The fourth-order valence-electron chi connectivity index (χ4n) is 5.60. The maximum Gasteiger partial charge on any atom is 0.225 e. The van der Waals surface area contributed by atoms with E-state index in [2.05, 4.69) is 18.9 Å². The van der Waals surface area contributed by atoms with Crippen molar-refractivity contribution in [3.05, 3.63) is 0 Å². The lowest BCUT2D eigenvalue weighted by Crippen LogP contribution is -2.56. The first kappa shape index (κ1) is 11.3. The summed E-state index contributed by atoms with van der Waals surface area (Å²) in [7, 11) is 2.10. The summed E-state index contributed by atoms with van der Waals surface area (Å²) in [5.41, 5.74) is 0. The Bertz CT molecular complexity index is 349. The highest BCUT2D eigenvalue weighted by Crippen LogP contribution is 2.55. The van der Waals surface area contributed by atoms with Crippen LogP contribution in [0.3, 0.4) is 0 Å². The van der Waals surface area contributed by atoms with Gasteiger partial charge in [0.25, 0.3) is 0 Å². The highest BCUT2D eigenvalue weighted by molar-refractivity contribution is 5.81. The van der Waals surface area contributed by atoms with Crippen LogP contribution in [0.1, 0.15) is 45.4 Å². The second kappa shape index (κ2) is 3.74. The molecular weight excluding hydrogens is 222 g/mol. The van der Waals surface area contributed by atoms with Crippen LogP contribution in [0.2, 0.25) is 0 Å². The van der Waals surface area contributed by atoms with Gasteiger partial charge in [0.1, 0.15) is 0 Å². The third-order valence-corrected chi connectivity index (χ3v) is 6.40. The minimum absolute atomic E-state index is 0.368. The normalized spacial score (nSPS) is 52.4. The quantitative estimate of drug-likeness (QED) is 0.734. The first-order chi connectivity index (χ1) is 8.63. The molecule has 100 valence electrons. The summed E-state index contributed by atoms with van der Waals surface area (Å²) in [5.74, 6) is 5.16. The molecule has 0 spiro atoms. The second-order valence-electron chi connectivity index (χ2n) is 7.69. The molecule has 2 nitrogen and oxygen atoms in total. The molecule has 0 radical (unpaired) electrons. The number of carbonyl (C=O) groups excluding carboxylic acids is 1. The molecular formula is C16H25NO. The molecule has 2 atom stereocenters. The Kier molecular flexibility index (Phi) is 2.35. The third kappa shape index (κ3) is 1.57. The van der Waals surface area contributed by atoms with Gasteiger partial charge in [0.2, 0.25) is 5.91 Å². The molecule has 0 saturated heterocycles. The summed E-state index contributed by atoms with van der Waals surface area (Å²) < 4.78 is 0. The molecule has 0 aromatic heterocycles. The van der Waals surface area contributed by atoms with Crippen molar-refractivity contribution in [3.63, 3.8) is 0 Å². The van der Waals surface area contributed by atoms with Crippen LogP contribution in [0.15, 0.2) is 0 Å². The van der Waals surface area contributed by atoms with Gasteiger partial charge in [0.15, 0.2) is 0 Å². The Morgan fingerprint density at radius 1 is 0.944 bits per heavy atom. The fraction of sp³-hybridized carbons (Fsp3) is 0.938. The summed E-state index contributed by atoms with van der Waals surface area (Å²) in [4.78, 5) is 14.6. The summed E-state index contributed by atoms with van der Waals surface area (Å²) in [6, 6.07) is 0.595. The molecule has 0 aliphatic heterocycles. The van der Waals surface area contributed by atoms with E-state index < -0.39 is 0 Å². The summed E-state index contributed by atoms with van der Waals surface area (Å²) >= 11 is 0. The summed E-state index contributed by atoms with van der Waals surface area (Å²) in [6.45, 7) is 2.22. The topological polar surface area (TPSA) is 20.3 Å². The van der Waals surface area contributed by atoms with Crippen molar-refractivity contribution in [2.45, 2.75) is 51.5 Å². The molecule has 5 fully saturated rings. The van der Waals surface area contributed by atoms with Gasteiger partial charge < -0.3 is 4.90 Å². The average Bonchev–Trinajstić information content (AvgIpc) is 3.03. The van der Waals surface area contributed by atoms with Gasteiger partial charge in [0, 0.05) is 19.0 Å². The zero-order valence-corrected chi connectivity index (χ0v) is 11.6. The lowest BCUT2D eigenvalue weighted by Gasteiger charge is -2.56. The van der Waals surface area contributed by atoms with Crippen molar-refractivity contribution in [2.24, 2.45) is 35.5 Å². The van der Waals surface area contributed by atoms with Crippen molar-refractivity contribution in [1.29, 1.82) is 0 Å². The van der Waals surface area contributed by atoms with E-state index in [-0.39, 0.29) is 0 Å². The first-order valence-corrected chi connectivity index (χ1v) is 7.90. The molecule has 0 unspecified atom stereocenters. The van der Waals surface area contributed by atoms with E-state index >= 15 is 0 Å². The average molecular weight is 247 g/mol. The monoisotopic (exact) mass is 247 g/mol. The third-order valence-electron chi connectivity index (χ3n) is 6.40. The maximum absolute atomic E-state index is 12.5. The smallest absolute Gasteiger partial charge is 0.225 e. The number of carbonyl (C=O) groups is 1. The number of nitrogens with zero attached hydrogens (tertiary/aromatic N) is 1. The minimum Gasteiger partial charge on any atom is -0.342 e. The van der Waals surface area contributed by atoms with Gasteiger partial charge in [0.05, 0.1) is 0 Å².